The van der Waals surface area contributed by atoms with E-state index in [0.717, 1.165) is 6.42 Å². The van der Waals surface area contributed by atoms with Crippen molar-refractivity contribution in [2.75, 3.05) is 40.5 Å². The fourth-order valence-corrected chi connectivity index (χ4v) is 9.53. The van der Waals surface area contributed by atoms with E-state index in [1.54, 1.807) is 0 Å². The Balaban J connectivity index is 1.41. The van der Waals surface area contributed by atoms with Gasteiger partial charge in [-0.1, -0.05) is 6.92 Å². The number of hydrogen-bond acceptors (Lipinski definition) is 15. The number of hydrogen-bond donors (Lipinski definition) is 11. The molecule has 286 valence electrons. The molecule has 17 atom stereocenters. The van der Waals surface area contributed by atoms with Gasteiger partial charge >= 0.3 is 0 Å². The summed E-state index contributed by atoms with van der Waals surface area (Å²) in [5, 5.41) is 84.1. The number of carbonyl (C=O) groups is 2. The Hall–Kier alpha value is -1.87. The van der Waals surface area contributed by atoms with Gasteiger partial charge in [0, 0.05) is 57.4 Å². The van der Waals surface area contributed by atoms with E-state index in [9.17, 15) is 45.3 Å². The third-order valence-electron chi connectivity index (χ3n) is 12.5. The van der Waals surface area contributed by atoms with Crippen LogP contribution in [0, 0.1) is 47.3 Å². The first-order valence-electron chi connectivity index (χ1n) is 17.7. The molecule has 0 aromatic rings. The number of ether oxygens (including phenoxy) is 3. The normalized spacial score (nSPS) is 48.5. The van der Waals surface area contributed by atoms with Crippen LogP contribution in [0.4, 0.5) is 0 Å². The average Bonchev–Trinajstić information content (AvgIpc) is 3.10. The van der Waals surface area contributed by atoms with E-state index >= 15 is 0 Å². The predicted molar refractivity (Wildman–Crippen MR) is 175 cm³/mol. The Bertz CT molecular complexity index is 1250. The number of guanidine groups is 1. The molecule has 0 radical (unpaired) electrons. The predicted octanol–water partition coefficient (Wildman–Crippen LogP) is -3.88. The van der Waals surface area contributed by atoms with E-state index in [0.29, 0.717) is 25.8 Å². The molecule has 0 aromatic carbocycles. The van der Waals surface area contributed by atoms with Crippen molar-refractivity contribution in [3.63, 3.8) is 0 Å². The van der Waals surface area contributed by atoms with Crippen LogP contribution in [0.3, 0.4) is 0 Å². The van der Waals surface area contributed by atoms with Gasteiger partial charge < -0.3 is 72.1 Å². The number of methoxy groups -OCH3 is 1. The van der Waals surface area contributed by atoms with Gasteiger partial charge in [-0.25, -0.2) is 0 Å². The van der Waals surface area contributed by atoms with Gasteiger partial charge in [0.25, 0.3) is 0 Å². The van der Waals surface area contributed by atoms with Crippen LogP contribution in [-0.4, -0.2) is 148 Å². The van der Waals surface area contributed by atoms with Crippen LogP contribution in [0.25, 0.3) is 0 Å². The molecule has 2 saturated heterocycles. The number of rotatable bonds is 10. The third-order valence-corrected chi connectivity index (χ3v) is 12.5. The average molecular weight is 716 g/mol. The monoisotopic (exact) mass is 715 g/mol. The summed E-state index contributed by atoms with van der Waals surface area (Å²) < 4.78 is 17.5. The van der Waals surface area contributed by atoms with E-state index < -0.39 is 103 Å². The first-order valence-corrected chi connectivity index (χ1v) is 17.7. The maximum atomic E-state index is 14.5. The van der Waals surface area contributed by atoms with Crippen LogP contribution in [0.2, 0.25) is 0 Å². The van der Waals surface area contributed by atoms with Crippen molar-refractivity contribution >= 4 is 17.5 Å². The summed E-state index contributed by atoms with van der Waals surface area (Å²) in [6.45, 7) is 1.11. The fraction of sp³-hybridized carbons (Fsp3) is 0.909. The SMILES string of the molecule is CN=C(N)NCC1C(C)CC2C(=O)C3C(CO)C(OC)CC(O[C@H]4O[C@](O)(CO)[C@](O)(CCC5CCNC(N)C5)[C@H](O)[C@H]4O)C3C(=O)C2C1O. The number of aliphatic hydroxyl groups excluding tert-OH is 5. The van der Waals surface area contributed by atoms with Crippen LogP contribution in [-0.2, 0) is 23.8 Å². The number of Topliss-reactive ketones (excluding diaryl/α,β-unsaturated/α-hetero) is 2. The number of nitrogens with zero attached hydrogens (tertiary/aromatic N) is 1. The quantitative estimate of drug-likeness (QED) is 0.0762. The second-order valence-electron chi connectivity index (χ2n) is 15.2. The van der Waals surface area contributed by atoms with E-state index in [-0.39, 0.29) is 49.1 Å². The van der Waals surface area contributed by atoms with Crippen molar-refractivity contribution < 1.29 is 59.5 Å². The van der Waals surface area contributed by atoms with Crippen molar-refractivity contribution in [1.29, 1.82) is 0 Å². The number of aliphatic imine (C=N–C) groups is 1. The molecule has 50 heavy (non-hydrogen) atoms. The number of nitrogens with two attached hydrogens (primary N) is 2. The molecule has 2 heterocycles. The summed E-state index contributed by atoms with van der Waals surface area (Å²) in [4.78, 5) is 32.7. The molecule has 12 unspecified atom stereocenters. The Morgan fingerprint density at radius 3 is 2.38 bits per heavy atom. The molecule has 5 rings (SSSR count). The minimum absolute atomic E-state index is 0.0328. The number of piperidine rings is 1. The van der Waals surface area contributed by atoms with Crippen molar-refractivity contribution in [2.45, 2.75) is 99.8 Å². The number of aliphatic hydroxyl groups is 7. The molecule has 17 nitrogen and oxygen atoms in total. The maximum absolute atomic E-state index is 14.5. The molecule has 0 amide bonds. The van der Waals surface area contributed by atoms with Gasteiger partial charge in [-0.05, 0) is 50.5 Å². The molecule has 13 N–H and O–H groups in total. The third kappa shape index (κ3) is 6.97. The van der Waals surface area contributed by atoms with E-state index in [1.165, 1.54) is 14.2 Å². The topological polar surface area (TPSA) is 292 Å². The standard InChI is InChI=1S/C33H57N5O12/c1-14-8-16-23(26(42)17(14)11-38-31(35)36-2)27(43)24-20(10-19(48-3)18(12-39)22(24)25(16)41)49-30-28(44)29(45)32(46,33(47,13-40)50-30)6-4-15-5-7-37-21(34)9-15/h14-24,26,28-30,37,39-40,42,44-47H,4-13,34H2,1-3H3,(H3,35,36,38)/t14?,15?,16?,17?,18?,19?,20?,21?,22?,23?,24?,26?,28-,29-,30+,32+,33-/m1/s1. The fourth-order valence-electron chi connectivity index (χ4n) is 9.53. The zero-order valence-corrected chi connectivity index (χ0v) is 29.0. The first kappa shape index (κ1) is 39.3. The number of ketones is 2. The summed E-state index contributed by atoms with van der Waals surface area (Å²) in [7, 11) is 2.91. The van der Waals surface area contributed by atoms with Crippen molar-refractivity contribution in [3.8, 4) is 0 Å². The minimum Gasteiger partial charge on any atom is -0.396 e. The molecule has 2 aliphatic heterocycles. The largest absolute Gasteiger partial charge is 0.396 e. The molecule has 5 fully saturated rings. The van der Waals surface area contributed by atoms with Crippen LogP contribution < -0.4 is 22.1 Å². The molecular formula is C33H57N5O12. The van der Waals surface area contributed by atoms with Crippen molar-refractivity contribution in [2.24, 2.45) is 63.8 Å². The molecule has 0 spiro atoms. The smallest absolute Gasteiger partial charge is 0.224 e. The van der Waals surface area contributed by atoms with Gasteiger partial charge in [0.2, 0.25) is 5.79 Å². The minimum atomic E-state index is -2.79. The van der Waals surface area contributed by atoms with Gasteiger partial charge in [-0.15, -0.1) is 0 Å². The van der Waals surface area contributed by atoms with Crippen LogP contribution in [0.5, 0.6) is 0 Å². The molecule has 5 aliphatic rings. The lowest BCUT2D eigenvalue weighted by molar-refractivity contribution is -0.436. The van der Waals surface area contributed by atoms with Gasteiger partial charge in [0.15, 0.2) is 12.2 Å². The second-order valence-corrected chi connectivity index (χ2v) is 15.2. The summed E-state index contributed by atoms with van der Waals surface area (Å²) in [6.07, 6.45) is -7.72. The highest BCUT2D eigenvalue weighted by molar-refractivity contribution is 6.01. The highest BCUT2D eigenvalue weighted by Gasteiger charge is 2.66. The molecule has 3 saturated carbocycles. The molecule has 0 aromatic heterocycles. The van der Waals surface area contributed by atoms with Crippen molar-refractivity contribution in [3.05, 3.63) is 0 Å². The van der Waals surface area contributed by atoms with Crippen LogP contribution in [0.1, 0.15) is 45.4 Å². The molecule has 17 heteroatoms. The second kappa shape index (κ2) is 15.6. The van der Waals surface area contributed by atoms with Gasteiger partial charge in [-0.2, -0.15) is 0 Å². The number of nitrogens with one attached hydrogen (secondary N) is 2. The Morgan fingerprint density at radius 1 is 1.04 bits per heavy atom. The van der Waals surface area contributed by atoms with Crippen molar-refractivity contribution in [1.82, 2.24) is 10.6 Å². The maximum Gasteiger partial charge on any atom is 0.224 e. The van der Waals surface area contributed by atoms with E-state index in [4.69, 9.17) is 25.7 Å². The zero-order chi connectivity index (χ0) is 36.7. The van der Waals surface area contributed by atoms with Crippen LogP contribution in [0.15, 0.2) is 4.99 Å². The van der Waals surface area contributed by atoms with Gasteiger partial charge in [0.1, 0.15) is 36.0 Å². The summed E-state index contributed by atoms with van der Waals surface area (Å²) in [5.41, 5.74) is 9.31. The highest BCUT2D eigenvalue weighted by Crippen LogP contribution is 2.52. The van der Waals surface area contributed by atoms with E-state index in [1.807, 2.05) is 6.92 Å². The lowest BCUT2D eigenvalue weighted by atomic mass is 9.51. The molecular weight excluding hydrogens is 658 g/mol. The molecule has 0 bridgehead atoms. The lowest BCUT2D eigenvalue weighted by Gasteiger charge is -2.56. The van der Waals surface area contributed by atoms with E-state index in [2.05, 4.69) is 15.6 Å². The Labute approximate surface area is 291 Å². The van der Waals surface area contributed by atoms with Gasteiger partial charge in [0.05, 0.1) is 36.3 Å². The Morgan fingerprint density at radius 2 is 1.76 bits per heavy atom. The van der Waals surface area contributed by atoms with Gasteiger partial charge in [-0.3, -0.25) is 14.6 Å². The Kier molecular flexibility index (Phi) is 12.3. The zero-order valence-electron chi connectivity index (χ0n) is 29.0. The lowest BCUT2D eigenvalue weighted by Crippen LogP contribution is -2.74. The number of carbonyl (C=O) groups excluding carboxylic acids is 2. The summed E-state index contributed by atoms with van der Waals surface area (Å²) in [5.74, 6) is -8.98. The first-order chi connectivity index (χ1) is 23.7. The molecule has 3 aliphatic carbocycles. The highest BCUT2D eigenvalue weighted by atomic mass is 16.8. The van der Waals surface area contributed by atoms with Crippen LogP contribution >= 0.6 is 0 Å². The summed E-state index contributed by atoms with van der Waals surface area (Å²) >= 11 is 0. The number of fused-ring (bicyclic) bond motifs is 2. The summed E-state index contributed by atoms with van der Waals surface area (Å²) in [6, 6.07) is 0.